The average molecular weight is 362 g/mol. The fraction of sp³-hybridized carbons (Fsp3) is 0.136. The number of hydrogen-bond acceptors (Lipinski definition) is 4. The topological polar surface area (TPSA) is 52.1 Å². The Morgan fingerprint density at radius 1 is 1.00 bits per heavy atom. The third-order valence-corrected chi connectivity index (χ3v) is 3.99. The predicted molar refractivity (Wildman–Crippen MR) is 102 cm³/mol. The van der Waals surface area contributed by atoms with Crippen LogP contribution in [0.2, 0.25) is 0 Å². The molecular weight excluding hydrogens is 343 g/mol. The maximum absolute atomic E-state index is 12.9. The summed E-state index contributed by atoms with van der Waals surface area (Å²) >= 11 is 0. The molecule has 0 unspecified atom stereocenters. The predicted octanol–water partition coefficient (Wildman–Crippen LogP) is 5.01. The lowest BCUT2D eigenvalue weighted by Crippen LogP contribution is -2.08. The third-order valence-electron chi connectivity index (χ3n) is 3.99. The number of carbonyl (C=O) groups is 1. The number of nitrogens with zero attached hydrogens (tertiary/aromatic N) is 2. The van der Waals surface area contributed by atoms with Crippen molar-refractivity contribution < 1.29 is 13.9 Å². The number of rotatable bonds is 7. The lowest BCUT2D eigenvalue weighted by molar-refractivity contribution is 0.0734. The second-order valence-electron chi connectivity index (χ2n) is 5.99. The quantitative estimate of drug-likeness (QED) is 0.257. The van der Waals surface area contributed by atoms with Crippen molar-refractivity contribution in [2.45, 2.75) is 19.3 Å². The van der Waals surface area contributed by atoms with E-state index in [0.717, 1.165) is 36.2 Å². The Balaban J connectivity index is 1.64. The van der Waals surface area contributed by atoms with E-state index in [1.165, 1.54) is 24.3 Å². The van der Waals surface area contributed by atoms with Gasteiger partial charge in [-0.25, -0.2) is 19.2 Å². The van der Waals surface area contributed by atoms with Gasteiger partial charge < -0.3 is 4.74 Å². The van der Waals surface area contributed by atoms with Crippen LogP contribution < -0.4 is 4.74 Å². The van der Waals surface area contributed by atoms with E-state index in [2.05, 4.69) is 16.5 Å². The molecule has 0 bridgehead atoms. The molecule has 0 aliphatic carbocycles. The van der Waals surface area contributed by atoms with Gasteiger partial charge in [0.05, 0.1) is 5.56 Å². The highest BCUT2D eigenvalue weighted by Gasteiger charge is 2.09. The Labute approximate surface area is 157 Å². The van der Waals surface area contributed by atoms with Gasteiger partial charge in [0.25, 0.3) is 0 Å². The minimum absolute atomic E-state index is 0.297. The van der Waals surface area contributed by atoms with E-state index in [9.17, 15) is 9.18 Å². The highest BCUT2D eigenvalue weighted by Crippen LogP contribution is 2.20. The molecule has 1 heterocycles. The van der Waals surface area contributed by atoms with E-state index in [1.807, 2.05) is 18.2 Å². The molecule has 4 nitrogen and oxygen atoms in total. The second kappa shape index (κ2) is 8.85. The first-order valence-corrected chi connectivity index (χ1v) is 8.66. The Kier molecular flexibility index (Phi) is 6.05. The summed E-state index contributed by atoms with van der Waals surface area (Å²) in [6.45, 7) is 3.70. The summed E-state index contributed by atoms with van der Waals surface area (Å²) in [5, 5.41) is 0. The molecule has 0 saturated heterocycles. The van der Waals surface area contributed by atoms with Crippen LogP contribution in [0.3, 0.4) is 0 Å². The van der Waals surface area contributed by atoms with Gasteiger partial charge in [0.15, 0.2) is 0 Å². The number of aromatic nitrogens is 2. The summed E-state index contributed by atoms with van der Waals surface area (Å²) in [5.41, 5.74) is 2.19. The number of allylic oxidation sites excluding steroid dienone is 1. The van der Waals surface area contributed by atoms with Gasteiger partial charge in [-0.15, -0.1) is 6.58 Å². The summed E-state index contributed by atoms with van der Waals surface area (Å²) in [7, 11) is 0. The molecule has 0 saturated carbocycles. The van der Waals surface area contributed by atoms with Crippen LogP contribution in [0.25, 0.3) is 11.1 Å². The Morgan fingerprint density at radius 2 is 1.67 bits per heavy atom. The van der Waals surface area contributed by atoms with Crippen LogP contribution >= 0.6 is 0 Å². The SMILES string of the molecule is C=CCCCc1ncc(-c2ccc(C(=O)Oc3ccc(F)cc3)cc2)cn1. The normalized spacial score (nSPS) is 10.4. The minimum Gasteiger partial charge on any atom is -0.423 e. The van der Waals surface area contributed by atoms with Crippen molar-refractivity contribution in [3.05, 3.63) is 90.8 Å². The van der Waals surface area contributed by atoms with E-state index < -0.39 is 5.97 Å². The standard InChI is InChI=1S/C22H19FN2O2/c1-2-3-4-5-21-24-14-18(15-25-21)16-6-8-17(9-7-16)22(26)27-20-12-10-19(23)11-13-20/h2,6-15H,1,3-5H2. The lowest BCUT2D eigenvalue weighted by atomic mass is 10.1. The van der Waals surface area contributed by atoms with Crippen molar-refractivity contribution in [3.8, 4) is 16.9 Å². The van der Waals surface area contributed by atoms with Crippen LogP contribution in [0, 0.1) is 5.82 Å². The molecule has 0 aliphatic rings. The van der Waals surface area contributed by atoms with Gasteiger partial charge in [0.2, 0.25) is 0 Å². The number of hydrogen-bond donors (Lipinski definition) is 0. The van der Waals surface area contributed by atoms with Gasteiger partial charge in [-0.2, -0.15) is 0 Å². The molecule has 3 rings (SSSR count). The summed E-state index contributed by atoms with van der Waals surface area (Å²) < 4.78 is 18.1. The van der Waals surface area contributed by atoms with Crippen LogP contribution in [-0.2, 0) is 6.42 Å². The zero-order chi connectivity index (χ0) is 19.1. The van der Waals surface area contributed by atoms with Gasteiger partial charge in [-0.1, -0.05) is 18.2 Å². The van der Waals surface area contributed by atoms with Gasteiger partial charge >= 0.3 is 5.97 Å². The van der Waals surface area contributed by atoms with Gasteiger partial charge in [-0.3, -0.25) is 0 Å². The van der Waals surface area contributed by atoms with Gasteiger partial charge in [-0.05, 0) is 54.8 Å². The number of esters is 1. The molecule has 0 N–H and O–H groups in total. The summed E-state index contributed by atoms with van der Waals surface area (Å²) in [6.07, 6.45) is 8.19. The molecule has 0 spiro atoms. The van der Waals surface area contributed by atoms with Crippen LogP contribution in [0.5, 0.6) is 5.75 Å². The fourth-order valence-electron chi connectivity index (χ4n) is 2.50. The Morgan fingerprint density at radius 3 is 2.30 bits per heavy atom. The molecule has 0 aliphatic heterocycles. The van der Waals surface area contributed by atoms with Crippen LogP contribution in [-0.4, -0.2) is 15.9 Å². The lowest BCUT2D eigenvalue weighted by Gasteiger charge is -2.06. The fourth-order valence-corrected chi connectivity index (χ4v) is 2.50. The molecular formula is C22H19FN2O2. The first-order valence-electron chi connectivity index (χ1n) is 8.66. The van der Waals surface area contributed by atoms with Crippen molar-refractivity contribution >= 4 is 5.97 Å². The van der Waals surface area contributed by atoms with Crippen molar-refractivity contribution in [2.75, 3.05) is 0 Å². The molecule has 136 valence electrons. The van der Waals surface area contributed by atoms with E-state index >= 15 is 0 Å². The number of ether oxygens (including phenoxy) is 1. The average Bonchev–Trinajstić information content (AvgIpc) is 2.70. The number of carbonyl (C=O) groups excluding carboxylic acids is 1. The largest absolute Gasteiger partial charge is 0.423 e. The van der Waals surface area contributed by atoms with Crippen LogP contribution in [0.4, 0.5) is 4.39 Å². The molecule has 0 radical (unpaired) electrons. The Bertz CT molecular complexity index is 905. The summed E-state index contributed by atoms with van der Waals surface area (Å²) in [6, 6.07) is 12.3. The van der Waals surface area contributed by atoms with Crippen LogP contribution in [0.15, 0.2) is 73.6 Å². The van der Waals surface area contributed by atoms with Gasteiger partial charge in [0.1, 0.15) is 17.4 Å². The maximum Gasteiger partial charge on any atom is 0.343 e. The van der Waals surface area contributed by atoms with Crippen molar-refractivity contribution in [2.24, 2.45) is 0 Å². The molecule has 0 fully saturated rings. The summed E-state index contributed by atoms with van der Waals surface area (Å²) in [4.78, 5) is 20.9. The van der Waals surface area contributed by atoms with E-state index in [-0.39, 0.29) is 5.82 Å². The second-order valence-corrected chi connectivity index (χ2v) is 5.99. The molecule has 1 aromatic heterocycles. The zero-order valence-electron chi connectivity index (χ0n) is 14.8. The molecule has 27 heavy (non-hydrogen) atoms. The third kappa shape index (κ3) is 5.07. The number of unbranched alkanes of at least 4 members (excludes halogenated alkanes) is 1. The summed E-state index contributed by atoms with van der Waals surface area (Å²) in [5.74, 6) is 0.223. The smallest absolute Gasteiger partial charge is 0.343 e. The molecule has 3 aromatic rings. The van der Waals surface area contributed by atoms with Gasteiger partial charge in [0, 0.05) is 24.4 Å². The van der Waals surface area contributed by atoms with Crippen molar-refractivity contribution in [1.82, 2.24) is 9.97 Å². The van der Waals surface area contributed by atoms with E-state index in [0.29, 0.717) is 11.3 Å². The molecule has 0 amide bonds. The minimum atomic E-state index is -0.498. The van der Waals surface area contributed by atoms with Crippen molar-refractivity contribution in [3.63, 3.8) is 0 Å². The number of aryl methyl sites for hydroxylation is 1. The van der Waals surface area contributed by atoms with Crippen molar-refractivity contribution in [1.29, 1.82) is 0 Å². The molecule has 5 heteroatoms. The molecule has 0 atom stereocenters. The first-order chi connectivity index (χ1) is 13.2. The zero-order valence-corrected chi connectivity index (χ0v) is 14.8. The Hall–Kier alpha value is -3.34. The van der Waals surface area contributed by atoms with Crippen LogP contribution in [0.1, 0.15) is 29.0 Å². The highest BCUT2D eigenvalue weighted by atomic mass is 19.1. The van der Waals surface area contributed by atoms with E-state index in [1.54, 1.807) is 24.5 Å². The monoisotopic (exact) mass is 362 g/mol. The first kappa shape index (κ1) is 18.5. The molecule has 2 aromatic carbocycles. The highest BCUT2D eigenvalue weighted by molar-refractivity contribution is 5.91. The number of halogens is 1. The maximum atomic E-state index is 12.9. The number of benzene rings is 2. The van der Waals surface area contributed by atoms with E-state index in [4.69, 9.17) is 4.74 Å².